The molecule has 1 aliphatic heterocycles. The highest BCUT2D eigenvalue weighted by molar-refractivity contribution is 6.28. The Hall–Kier alpha value is -4.74. The minimum atomic E-state index is -0.873. The number of amides is 3. The van der Waals surface area contributed by atoms with Crippen molar-refractivity contribution in [3.8, 4) is 11.5 Å². The van der Waals surface area contributed by atoms with Gasteiger partial charge in [0.15, 0.2) is 0 Å². The number of nitrogens with one attached hydrogen (secondary N) is 1. The number of carbonyl (C=O) groups is 4. The predicted octanol–water partition coefficient (Wildman–Crippen LogP) is 2.95. The van der Waals surface area contributed by atoms with E-state index in [0.29, 0.717) is 17.0 Å². The van der Waals surface area contributed by atoms with Crippen molar-refractivity contribution >= 4 is 35.3 Å². The zero-order valence-electron chi connectivity index (χ0n) is 19.7. The Morgan fingerprint density at radius 3 is 2.33 bits per heavy atom. The van der Waals surface area contributed by atoms with E-state index in [2.05, 4.69) is 5.32 Å². The fourth-order valence-electron chi connectivity index (χ4n) is 3.40. The van der Waals surface area contributed by atoms with Gasteiger partial charge in [-0.15, -0.1) is 0 Å². The van der Waals surface area contributed by atoms with E-state index in [0.717, 1.165) is 17.1 Å². The number of rotatable bonds is 9. The minimum absolute atomic E-state index is 0.154. The molecule has 2 aromatic rings. The number of anilines is 1. The molecule has 1 unspecified atom stereocenters. The highest BCUT2D eigenvalue weighted by Gasteiger charge is 2.25. The van der Waals surface area contributed by atoms with Crippen molar-refractivity contribution in [1.29, 1.82) is 0 Å². The van der Waals surface area contributed by atoms with Crippen LogP contribution in [-0.4, -0.2) is 42.0 Å². The second-order valence-corrected chi connectivity index (χ2v) is 7.85. The summed E-state index contributed by atoms with van der Waals surface area (Å²) in [7, 11) is 1.42. The first-order chi connectivity index (χ1) is 17.1. The summed E-state index contributed by atoms with van der Waals surface area (Å²) >= 11 is 0. The van der Waals surface area contributed by atoms with Crippen LogP contribution in [0.15, 0.2) is 48.6 Å². The van der Waals surface area contributed by atoms with Gasteiger partial charge in [0.1, 0.15) is 18.1 Å². The molecule has 1 atom stereocenters. The monoisotopic (exact) mass is 497 g/mol. The largest absolute Gasteiger partial charge is 0.496 e. The Morgan fingerprint density at radius 2 is 1.75 bits per heavy atom. The van der Waals surface area contributed by atoms with Crippen LogP contribution in [0, 0.1) is 17.0 Å². The van der Waals surface area contributed by atoms with Gasteiger partial charge in [0, 0.05) is 24.3 Å². The van der Waals surface area contributed by atoms with Crippen molar-refractivity contribution in [3.05, 3.63) is 69.8 Å². The van der Waals surface area contributed by atoms with Crippen molar-refractivity contribution in [3.63, 3.8) is 0 Å². The first-order valence-corrected chi connectivity index (χ1v) is 10.7. The van der Waals surface area contributed by atoms with Gasteiger partial charge in [-0.25, -0.2) is 9.69 Å². The van der Waals surface area contributed by atoms with Crippen LogP contribution < -0.4 is 19.7 Å². The average Bonchev–Trinajstić information content (AvgIpc) is 3.16. The lowest BCUT2D eigenvalue weighted by Crippen LogP contribution is -2.35. The zero-order valence-corrected chi connectivity index (χ0v) is 19.7. The molecule has 2 aromatic carbocycles. The van der Waals surface area contributed by atoms with Crippen LogP contribution in [-0.2, 0) is 25.7 Å². The topological polar surface area (TPSA) is 154 Å². The average molecular weight is 497 g/mol. The van der Waals surface area contributed by atoms with E-state index in [1.807, 2.05) is 0 Å². The third kappa shape index (κ3) is 6.23. The highest BCUT2D eigenvalue weighted by atomic mass is 16.6. The van der Waals surface area contributed by atoms with E-state index in [9.17, 15) is 29.3 Å². The number of nitro groups is 1. The van der Waals surface area contributed by atoms with Gasteiger partial charge < -0.3 is 19.5 Å². The van der Waals surface area contributed by atoms with E-state index in [-0.39, 0.29) is 30.0 Å². The Labute approximate surface area is 205 Å². The summed E-state index contributed by atoms with van der Waals surface area (Å²) in [5.74, 6) is -0.977. The standard InChI is InChI=1S/C24H23N3O9/c1-14-10-19(27(32)33)16(12-20(14)34-3)13-35-24(31)25-15(2)11-23(30)36-18-6-4-17(5-7-18)26-21(28)8-9-22(26)29/h4-10,12,15H,11,13H2,1-3H3,(H,25,31). The summed E-state index contributed by atoms with van der Waals surface area (Å²) in [6, 6.07) is 7.88. The predicted molar refractivity (Wildman–Crippen MR) is 125 cm³/mol. The number of methoxy groups -OCH3 is 1. The third-order valence-corrected chi connectivity index (χ3v) is 5.12. The first kappa shape index (κ1) is 25.9. The molecule has 0 aromatic heterocycles. The number of carbonyl (C=O) groups excluding carboxylic acids is 4. The molecule has 3 rings (SSSR count). The van der Waals surface area contributed by atoms with Gasteiger partial charge in [0.2, 0.25) is 0 Å². The molecule has 1 heterocycles. The molecule has 0 saturated carbocycles. The quantitative estimate of drug-likeness (QED) is 0.181. The molecule has 188 valence electrons. The molecule has 12 heteroatoms. The number of nitrogens with zero attached hydrogens (tertiary/aromatic N) is 2. The van der Waals surface area contributed by atoms with Crippen LogP contribution in [0.3, 0.4) is 0 Å². The molecule has 0 bridgehead atoms. The number of imide groups is 1. The Balaban J connectivity index is 1.50. The maximum absolute atomic E-state index is 12.2. The smallest absolute Gasteiger partial charge is 0.407 e. The fourth-order valence-corrected chi connectivity index (χ4v) is 3.40. The lowest BCUT2D eigenvalue weighted by molar-refractivity contribution is -0.385. The number of ether oxygens (including phenoxy) is 3. The summed E-state index contributed by atoms with van der Waals surface area (Å²) < 4.78 is 15.5. The summed E-state index contributed by atoms with van der Waals surface area (Å²) in [6.07, 6.45) is 1.26. The molecule has 1 N–H and O–H groups in total. The molecule has 0 aliphatic carbocycles. The second kappa shape index (κ2) is 11.1. The molecular formula is C24H23N3O9. The minimum Gasteiger partial charge on any atom is -0.496 e. The molecule has 0 saturated heterocycles. The molecule has 0 spiro atoms. The second-order valence-electron chi connectivity index (χ2n) is 7.85. The van der Waals surface area contributed by atoms with Crippen molar-refractivity contribution < 1.29 is 38.3 Å². The van der Waals surface area contributed by atoms with Crippen molar-refractivity contribution in [2.24, 2.45) is 0 Å². The zero-order chi connectivity index (χ0) is 26.4. The SMILES string of the molecule is COc1cc(COC(=O)NC(C)CC(=O)Oc2ccc(N3C(=O)C=CC3=O)cc2)c([N+](=O)[O-])cc1C. The van der Waals surface area contributed by atoms with E-state index < -0.39 is 34.8 Å². The van der Waals surface area contributed by atoms with Gasteiger partial charge in [0.25, 0.3) is 17.5 Å². The number of hydrogen-bond acceptors (Lipinski definition) is 9. The molecule has 0 fully saturated rings. The number of hydrogen-bond donors (Lipinski definition) is 1. The van der Waals surface area contributed by atoms with E-state index in [1.165, 1.54) is 43.5 Å². The Kier molecular flexibility index (Phi) is 8.00. The highest BCUT2D eigenvalue weighted by Crippen LogP contribution is 2.29. The summed E-state index contributed by atoms with van der Waals surface area (Å²) in [5.41, 5.74) is 0.841. The van der Waals surface area contributed by atoms with Gasteiger partial charge in [-0.05, 0) is 49.7 Å². The van der Waals surface area contributed by atoms with Crippen LogP contribution >= 0.6 is 0 Å². The normalized spacial score (nSPS) is 13.4. The lowest BCUT2D eigenvalue weighted by Gasteiger charge is -2.15. The lowest BCUT2D eigenvalue weighted by atomic mass is 10.1. The number of aryl methyl sites for hydroxylation is 1. The van der Waals surface area contributed by atoms with Crippen LogP contribution in [0.25, 0.3) is 0 Å². The Morgan fingerprint density at radius 1 is 1.11 bits per heavy atom. The molecule has 0 radical (unpaired) electrons. The van der Waals surface area contributed by atoms with E-state index >= 15 is 0 Å². The van der Waals surface area contributed by atoms with Crippen LogP contribution in [0.2, 0.25) is 0 Å². The van der Waals surface area contributed by atoms with E-state index in [4.69, 9.17) is 14.2 Å². The van der Waals surface area contributed by atoms with E-state index in [1.54, 1.807) is 13.8 Å². The molecule has 36 heavy (non-hydrogen) atoms. The summed E-state index contributed by atoms with van der Waals surface area (Å²) in [5, 5.41) is 13.8. The summed E-state index contributed by atoms with van der Waals surface area (Å²) in [6.45, 7) is 2.84. The van der Waals surface area contributed by atoms with Crippen molar-refractivity contribution in [2.45, 2.75) is 32.9 Å². The van der Waals surface area contributed by atoms with Crippen molar-refractivity contribution in [2.75, 3.05) is 12.0 Å². The number of esters is 1. The Bertz CT molecular complexity index is 1220. The molecule has 1 aliphatic rings. The van der Waals surface area contributed by atoms with Gasteiger partial charge in [-0.1, -0.05) is 0 Å². The van der Waals surface area contributed by atoms with Gasteiger partial charge >= 0.3 is 12.1 Å². The molecule has 3 amide bonds. The molecular weight excluding hydrogens is 474 g/mol. The fraction of sp³-hybridized carbons (Fsp3) is 0.250. The van der Waals surface area contributed by atoms with Crippen LogP contribution in [0.1, 0.15) is 24.5 Å². The third-order valence-electron chi connectivity index (χ3n) is 5.12. The van der Waals surface area contributed by atoms with Crippen LogP contribution in [0.4, 0.5) is 16.2 Å². The maximum Gasteiger partial charge on any atom is 0.407 e. The number of benzene rings is 2. The maximum atomic E-state index is 12.2. The van der Waals surface area contributed by atoms with Gasteiger partial charge in [0.05, 0.1) is 29.7 Å². The first-order valence-electron chi connectivity index (χ1n) is 10.7. The number of nitro benzene ring substituents is 1. The van der Waals surface area contributed by atoms with Crippen molar-refractivity contribution in [1.82, 2.24) is 5.32 Å². The van der Waals surface area contributed by atoms with Gasteiger partial charge in [-0.2, -0.15) is 0 Å². The molecule has 12 nitrogen and oxygen atoms in total. The van der Waals surface area contributed by atoms with Gasteiger partial charge in [-0.3, -0.25) is 24.5 Å². The van der Waals surface area contributed by atoms with Crippen LogP contribution in [0.5, 0.6) is 11.5 Å². The summed E-state index contributed by atoms with van der Waals surface area (Å²) in [4.78, 5) is 59.5. The number of alkyl carbamates (subject to hydrolysis) is 1.